The Labute approximate surface area is 202 Å². The van der Waals surface area contributed by atoms with Gasteiger partial charge in [-0.3, -0.25) is 4.68 Å². The average Bonchev–Trinajstić information content (AvgIpc) is 3.28. The number of rotatable bonds is 6. The summed E-state index contributed by atoms with van der Waals surface area (Å²) in [5.74, 6) is -0.0439. The minimum Gasteiger partial charge on any atom is -0.494 e. The number of imidazole rings is 1. The summed E-state index contributed by atoms with van der Waals surface area (Å²) in [6, 6.07) is 13.0. The van der Waals surface area contributed by atoms with Crippen LogP contribution < -0.4 is 4.74 Å². The summed E-state index contributed by atoms with van der Waals surface area (Å²) in [6.45, 7) is 2.15. The third-order valence-electron chi connectivity index (χ3n) is 5.36. The molecular weight excluding hydrogens is 476 g/mol. The Morgan fingerprint density at radius 2 is 1.69 bits per heavy atom. The molecule has 0 atom stereocenters. The molecule has 3 heterocycles. The van der Waals surface area contributed by atoms with E-state index < -0.39 is 17.6 Å². The molecule has 0 amide bonds. The second kappa shape index (κ2) is 9.33. The van der Waals surface area contributed by atoms with Crippen LogP contribution in [-0.2, 0) is 12.7 Å². The lowest BCUT2D eigenvalue weighted by molar-refractivity contribution is -0.137. The van der Waals surface area contributed by atoms with Gasteiger partial charge in [-0.25, -0.2) is 14.4 Å². The zero-order chi connectivity index (χ0) is 25.3. The normalized spacial score (nSPS) is 11.7. The summed E-state index contributed by atoms with van der Waals surface area (Å²) < 4.78 is 61.7. The highest BCUT2D eigenvalue weighted by Crippen LogP contribution is 2.38. The van der Waals surface area contributed by atoms with Crippen molar-refractivity contribution in [1.82, 2.24) is 29.9 Å². The van der Waals surface area contributed by atoms with Crippen molar-refractivity contribution in [3.05, 3.63) is 84.1 Å². The summed E-state index contributed by atoms with van der Waals surface area (Å²) in [5, 5.41) is 12.4. The van der Waals surface area contributed by atoms with Gasteiger partial charge < -0.3 is 4.74 Å². The highest BCUT2D eigenvalue weighted by atomic mass is 19.4. The van der Waals surface area contributed by atoms with Gasteiger partial charge in [-0.2, -0.15) is 28.5 Å². The van der Waals surface area contributed by atoms with Crippen molar-refractivity contribution in [2.24, 2.45) is 0 Å². The first-order valence-electron chi connectivity index (χ1n) is 10.9. The molecule has 0 bridgehead atoms. The van der Waals surface area contributed by atoms with Gasteiger partial charge in [0.05, 0.1) is 48.1 Å². The van der Waals surface area contributed by atoms with Gasteiger partial charge in [-0.1, -0.05) is 12.1 Å². The van der Waals surface area contributed by atoms with Gasteiger partial charge in [0.15, 0.2) is 5.82 Å². The van der Waals surface area contributed by atoms with Crippen molar-refractivity contribution in [2.45, 2.75) is 19.6 Å². The van der Waals surface area contributed by atoms with E-state index in [0.717, 1.165) is 6.07 Å². The van der Waals surface area contributed by atoms with Gasteiger partial charge in [0.2, 0.25) is 0 Å². The summed E-state index contributed by atoms with van der Waals surface area (Å²) >= 11 is 0. The molecule has 36 heavy (non-hydrogen) atoms. The predicted molar refractivity (Wildman–Crippen MR) is 123 cm³/mol. The van der Waals surface area contributed by atoms with Crippen LogP contribution in [0.4, 0.5) is 17.6 Å². The smallest absolute Gasteiger partial charge is 0.417 e. The fourth-order valence-corrected chi connectivity index (χ4v) is 3.70. The first-order chi connectivity index (χ1) is 17.3. The van der Waals surface area contributed by atoms with Crippen LogP contribution in [0.5, 0.6) is 5.75 Å². The Balaban J connectivity index is 1.39. The van der Waals surface area contributed by atoms with Crippen molar-refractivity contribution in [1.29, 1.82) is 0 Å². The molecule has 0 aliphatic carbocycles. The summed E-state index contributed by atoms with van der Waals surface area (Å²) in [7, 11) is 0. The maximum atomic E-state index is 14.1. The largest absolute Gasteiger partial charge is 0.494 e. The standard InChI is InChI=1S/C25H18F4N6O/c1-2-36-16-8-9-17(19(11-16)25(27,28)29)21-10-7-15(33-34-21)13-35-14-23-22(12-30-35)31-24(32-23)18-5-3-4-6-20(18)26/h3-12,14H,2,13H2,1H3. The minimum atomic E-state index is -4.58. The van der Waals surface area contributed by atoms with Crippen molar-refractivity contribution in [3.63, 3.8) is 0 Å². The lowest BCUT2D eigenvalue weighted by Crippen LogP contribution is -2.10. The zero-order valence-corrected chi connectivity index (χ0v) is 18.9. The zero-order valence-electron chi connectivity index (χ0n) is 18.9. The number of alkyl halides is 3. The molecule has 11 heteroatoms. The molecule has 2 aliphatic rings. The second-order valence-corrected chi connectivity index (χ2v) is 7.82. The van der Waals surface area contributed by atoms with Gasteiger partial charge in [0.1, 0.15) is 23.0 Å². The molecule has 182 valence electrons. The first kappa shape index (κ1) is 23.3. The number of hydrogen-bond acceptors (Lipinski definition) is 6. The number of hydrogen-bond donors (Lipinski definition) is 0. The Hall–Kier alpha value is -4.41. The van der Waals surface area contributed by atoms with Crippen LogP contribution in [0.25, 0.3) is 34.0 Å². The van der Waals surface area contributed by atoms with E-state index in [-0.39, 0.29) is 41.5 Å². The van der Waals surface area contributed by atoms with Gasteiger partial charge in [-0.15, -0.1) is 0 Å². The van der Waals surface area contributed by atoms with Gasteiger partial charge in [-0.05, 0) is 49.4 Å². The summed E-state index contributed by atoms with van der Waals surface area (Å²) in [4.78, 5) is 8.72. The van der Waals surface area contributed by atoms with E-state index in [1.54, 1.807) is 42.1 Å². The van der Waals surface area contributed by atoms with Crippen LogP contribution >= 0.6 is 0 Å². The topological polar surface area (TPSA) is 78.6 Å². The molecule has 3 aromatic rings. The lowest BCUT2D eigenvalue weighted by Gasteiger charge is -2.14. The van der Waals surface area contributed by atoms with Gasteiger partial charge in [0, 0.05) is 5.56 Å². The molecule has 2 aliphatic heterocycles. The summed E-state index contributed by atoms with van der Waals surface area (Å²) in [6.07, 6.45) is -1.44. The molecule has 5 rings (SSSR count). The molecule has 0 N–H and O–H groups in total. The second-order valence-electron chi connectivity index (χ2n) is 7.82. The van der Waals surface area contributed by atoms with Gasteiger partial charge >= 0.3 is 6.18 Å². The van der Waals surface area contributed by atoms with E-state index >= 15 is 0 Å². The predicted octanol–water partition coefficient (Wildman–Crippen LogP) is 5.51. The third kappa shape index (κ3) is 4.72. The number of benzene rings is 2. The number of aromatic nitrogens is 6. The lowest BCUT2D eigenvalue weighted by atomic mass is 10.0. The van der Waals surface area contributed by atoms with Crippen LogP contribution in [0.1, 0.15) is 18.2 Å². The number of ether oxygens (including phenoxy) is 1. The minimum absolute atomic E-state index is 0.0824. The quantitative estimate of drug-likeness (QED) is 0.290. The van der Waals surface area contributed by atoms with E-state index in [1.807, 2.05) is 0 Å². The average molecular weight is 494 g/mol. The Kier molecular flexibility index (Phi) is 6.05. The molecule has 7 nitrogen and oxygen atoms in total. The molecule has 0 spiro atoms. The molecule has 2 aromatic carbocycles. The SMILES string of the molecule is CCOc1ccc(-c2ccc(Cn3cc4nc(-c5ccccc5F)nc-4cn3)nn2)c(C(F)(F)F)c1. The van der Waals surface area contributed by atoms with E-state index in [0.29, 0.717) is 17.1 Å². The molecule has 0 unspecified atom stereocenters. The van der Waals surface area contributed by atoms with Crippen molar-refractivity contribution in [2.75, 3.05) is 6.61 Å². The molecule has 0 saturated heterocycles. The number of fused-ring (bicyclic) bond motifs is 1. The fourth-order valence-electron chi connectivity index (χ4n) is 3.70. The Morgan fingerprint density at radius 3 is 2.42 bits per heavy atom. The Bertz CT molecular complexity index is 1480. The van der Waals surface area contributed by atoms with Crippen molar-refractivity contribution < 1.29 is 22.3 Å². The fraction of sp³-hybridized carbons (Fsp3) is 0.160. The van der Waals surface area contributed by atoms with Gasteiger partial charge in [0.25, 0.3) is 0 Å². The number of nitrogens with zero attached hydrogens (tertiary/aromatic N) is 6. The van der Waals surface area contributed by atoms with Crippen LogP contribution in [-0.4, -0.2) is 36.6 Å². The first-order valence-corrected chi connectivity index (χ1v) is 10.9. The highest BCUT2D eigenvalue weighted by Gasteiger charge is 2.34. The van der Waals surface area contributed by atoms with Crippen LogP contribution in [0, 0.1) is 5.82 Å². The van der Waals surface area contributed by atoms with E-state index in [2.05, 4.69) is 25.3 Å². The molecule has 0 radical (unpaired) electrons. The highest BCUT2D eigenvalue weighted by molar-refractivity contribution is 5.66. The Morgan fingerprint density at radius 1 is 0.889 bits per heavy atom. The van der Waals surface area contributed by atoms with Crippen LogP contribution in [0.15, 0.2) is 67.0 Å². The monoisotopic (exact) mass is 494 g/mol. The van der Waals surface area contributed by atoms with Crippen LogP contribution in [0.3, 0.4) is 0 Å². The van der Waals surface area contributed by atoms with Crippen LogP contribution in [0.2, 0.25) is 0 Å². The van der Waals surface area contributed by atoms with E-state index in [4.69, 9.17) is 4.74 Å². The van der Waals surface area contributed by atoms with E-state index in [1.165, 1.54) is 30.5 Å². The van der Waals surface area contributed by atoms with Crippen molar-refractivity contribution in [3.8, 4) is 39.8 Å². The third-order valence-corrected chi connectivity index (χ3v) is 5.36. The molecule has 1 aromatic heterocycles. The molecule has 0 fully saturated rings. The van der Waals surface area contributed by atoms with E-state index in [9.17, 15) is 17.6 Å². The maximum Gasteiger partial charge on any atom is 0.417 e. The molecular formula is C25H18F4N6O. The maximum absolute atomic E-state index is 14.1. The summed E-state index contributed by atoms with van der Waals surface area (Å²) in [5.41, 5.74) is 0.914. The molecule has 0 saturated carbocycles. The number of halogens is 4. The van der Waals surface area contributed by atoms with Crippen molar-refractivity contribution >= 4 is 0 Å².